The molecule has 2 aliphatic carbocycles. The van der Waals surface area contributed by atoms with Crippen LogP contribution < -0.4 is 5.32 Å². The third kappa shape index (κ3) is 6.24. The quantitative estimate of drug-likeness (QED) is 0.413. The van der Waals surface area contributed by atoms with Crippen LogP contribution in [0, 0.1) is 11.3 Å². The zero-order chi connectivity index (χ0) is 25.7. The number of anilines is 1. The van der Waals surface area contributed by atoms with Gasteiger partial charge in [0.05, 0.1) is 25.4 Å². The monoisotopic (exact) mass is 502 g/mol. The summed E-state index contributed by atoms with van der Waals surface area (Å²) in [6.07, 6.45) is 12.1. The second kappa shape index (κ2) is 11.2. The Morgan fingerprint density at radius 2 is 1.73 bits per heavy atom. The highest BCUT2D eigenvalue weighted by Crippen LogP contribution is 2.52. The van der Waals surface area contributed by atoms with Gasteiger partial charge in [0.15, 0.2) is 0 Å². The van der Waals surface area contributed by atoms with Crippen molar-refractivity contribution in [1.82, 2.24) is 15.2 Å². The lowest BCUT2D eigenvalue weighted by Crippen LogP contribution is -2.32. The van der Waals surface area contributed by atoms with Gasteiger partial charge in [0, 0.05) is 18.0 Å². The molecule has 2 saturated carbocycles. The lowest BCUT2D eigenvalue weighted by molar-refractivity contribution is -0.142. The van der Waals surface area contributed by atoms with E-state index < -0.39 is 5.91 Å². The molecule has 1 amide bonds. The Labute approximate surface area is 217 Å². The first-order valence-electron chi connectivity index (χ1n) is 13.2. The van der Waals surface area contributed by atoms with Crippen LogP contribution in [0.15, 0.2) is 53.1 Å². The number of rotatable bonds is 7. The van der Waals surface area contributed by atoms with E-state index in [2.05, 4.69) is 20.5 Å². The first-order chi connectivity index (χ1) is 18.0. The van der Waals surface area contributed by atoms with Gasteiger partial charge in [-0.15, -0.1) is 10.2 Å². The van der Waals surface area contributed by atoms with E-state index in [0.717, 1.165) is 36.9 Å². The summed E-state index contributed by atoms with van der Waals surface area (Å²) in [6.45, 7) is 0. The van der Waals surface area contributed by atoms with Gasteiger partial charge in [0.2, 0.25) is 5.89 Å². The van der Waals surface area contributed by atoms with Gasteiger partial charge in [-0.3, -0.25) is 14.6 Å². The molecule has 194 valence electrons. The Bertz CT molecular complexity index is 1190. The van der Waals surface area contributed by atoms with E-state index in [9.17, 15) is 9.59 Å². The van der Waals surface area contributed by atoms with E-state index in [4.69, 9.17) is 9.15 Å². The molecule has 1 spiro atoms. The van der Waals surface area contributed by atoms with Gasteiger partial charge >= 0.3 is 17.8 Å². The molecule has 2 aliphatic rings. The molecule has 0 atom stereocenters. The van der Waals surface area contributed by atoms with Crippen LogP contribution in [0.2, 0.25) is 0 Å². The van der Waals surface area contributed by atoms with E-state index in [1.807, 2.05) is 42.5 Å². The van der Waals surface area contributed by atoms with Crippen molar-refractivity contribution in [2.75, 3.05) is 12.4 Å². The summed E-state index contributed by atoms with van der Waals surface area (Å²) in [5, 5.41) is 10.7. The van der Waals surface area contributed by atoms with Crippen molar-refractivity contribution >= 4 is 17.6 Å². The maximum atomic E-state index is 12.6. The van der Waals surface area contributed by atoms with Crippen LogP contribution in [-0.2, 0) is 16.0 Å². The van der Waals surface area contributed by atoms with Crippen LogP contribution in [-0.4, -0.2) is 34.2 Å². The van der Waals surface area contributed by atoms with Crippen LogP contribution in [0.25, 0.3) is 0 Å². The largest absolute Gasteiger partial charge is 0.469 e. The van der Waals surface area contributed by atoms with Crippen molar-refractivity contribution in [3.8, 4) is 0 Å². The minimum absolute atomic E-state index is 0.0612. The minimum Gasteiger partial charge on any atom is -0.469 e. The Morgan fingerprint density at radius 3 is 2.41 bits per heavy atom. The Morgan fingerprint density at radius 1 is 1.00 bits per heavy atom. The number of hydrogen-bond acceptors (Lipinski definition) is 7. The minimum atomic E-state index is -0.441. The summed E-state index contributed by atoms with van der Waals surface area (Å²) in [6, 6.07) is 13.7. The zero-order valence-corrected chi connectivity index (χ0v) is 21.3. The van der Waals surface area contributed by atoms with E-state index in [1.165, 1.54) is 32.8 Å². The third-order valence-electron chi connectivity index (χ3n) is 8.22. The normalized spacial score (nSPS) is 23.5. The number of benzene rings is 1. The van der Waals surface area contributed by atoms with E-state index in [1.54, 1.807) is 6.20 Å². The molecule has 2 aromatic heterocycles. The molecule has 1 N–H and O–H groups in total. The number of esters is 1. The predicted molar refractivity (Wildman–Crippen MR) is 138 cm³/mol. The number of ether oxygens (including phenoxy) is 1. The average molecular weight is 503 g/mol. The van der Waals surface area contributed by atoms with Gasteiger partial charge in [-0.1, -0.05) is 30.3 Å². The molecule has 0 aliphatic heterocycles. The Hall–Kier alpha value is -3.55. The van der Waals surface area contributed by atoms with Crippen molar-refractivity contribution in [2.45, 2.75) is 70.1 Å². The molecule has 1 aromatic carbocycles. The molecular formula is C29H34N4O4. The first-order valence-corrected chi connectivity index (χ1v) is 13.2. The summed E-state index contributed by atoms with van der Waals surface area (Å²) in [5.74, 6) is 0.734. The highest BCUT2D eigenvalue weighted by molar-refractivity contribution is 6.00. The van der Waals surface area contributed by atoms with Gasteiger partial charge in [0.25, 0.3) is 0 Å². The molecule has 5 rings (SSSR count). The van der Waals surface area contributed by atoms with E-state index >= 15 is 0 Å². The summed E-state index contributed by atoms with van der Waals surface area (Å²) >= 11 is 0. The van der Waals surface area contributed by atoms with Crippen molar-refractivity contribution in [1.29, 1.82) is 0 Å². The topological polar surface area (TPSA) is 107 Å². The van der Waals surface area contributed by atoms with Gasteiger partial charge in [-0.05, 0) is 80.4 Å². The van der Waals surface area contributed by atoms with Crippen LogP contribution >= 0.6 is 0 Å². The smallest absolute Gasteiger partial charge is 0.313 e. The Balaban J connectivity index is 1.10. The number of carbonyl (C=O) groups excluding carboxylic acids is 2. The van der Waals surface area contributed by atoms with Gasteiger partial charge in [-0.25, -0.2) is 0 Å². The van der Waals surface area contributed by atoms with Gasteiger partial charge in [-0.2, -0.15) is 0 Å². The van der Waals surface area contributed by atoms with Crippen LogP contribution in [0.3, 0.4) is 0 Å². The number of nitrogens with zero attached hydrogens (tertiary/aromatic N) is 3. The summed E-state index contributed by atoms with van der Waals surface area (Å²) in [4.78, 5) is 28.8. The summed E-state index contributed by atoms with van der Waals surface area (Å²) < 4.78 is 10.4. The molecule has 3 aromatic rings. The van der Waals surface area contributed by atoms with Crippen molar-refractivity contribution in [3.63, 3.8) is 0 Å². The number of amides is 1. The Kier molecular flexibility index (Phi) is 7.63. The standard InChI is InChI=1S/C29H34N4O4/c1-36-26(34)18-21-9-13-29(14-10-21)15-11-22(12-16-29)24-8-7-23(19-30-24)31-27(35)28-33-32-25(37-28)17-20-5-3-2-4-6-20/h2-8,19,21-22H,9-18H2,1H3,(H,31,35). The molecule has 8 nitrogen and oxygen atoms in total. The van der Waals surface area contributed by atoms with Crippen LogP contribution in [0.5, 0.6) is 0 Å². The van der Waals surface area contributed by atoms with Gasteiger partial charge < -0.3 is 14.5 Å². The second-order valence-electron chi connectivity index (χ2n) is 10.6. The lowest BCUT2D eigenvalue weighted by Gasteiger charge is -2.44. The first kappa shape index (κ1) is 25.1. The molecule has 0 bridgehead atoms. The second-order valence-corrected chi connectivity index (χ2v) is 10.6. The number of aromatic nitrogens is 3. The van der Waals surface area contributed by atoms with Crippen molar-refractivity contribution in [3.05, 3.63) is 71.7 Å². The molecule has 8 heteroatoms. The fourth-order valence-electron chi connectivity index (χ4n) is 5.93. The number of pyridine rings is 1. The maximum Gasteiger partial charge on any atom is 0.313 e. The zero-order valence-electron chi connectivity index (χ0n) is 21.3. The molecule has 0 unspecified atom stereocenters. The third-order valence-corrected chi connectivity index (χ3v) is 8.22. The molecular weight excluding hydrogens is 468 g/mol. The number of hydrogen-bond donors (Lipinski definition) is 1. The number of nitrogens with one attached hydrogen (secondary N) is 1. The highest BCUT2D eigenvalue weighted by Gasteiger charge is 2.39. The molecule has 0 radical (unpaired) electrons. The number of carbonyl (C=O) groups is 2. The summed E-state index contributed by atoms with van der Waals surface area (Å²) in [7, 11) is 1.47. The maximum absolute atomic E-state index is 12.6. The highest BCUT2D eigenvalue weighted by atomic mass is 16.5. The average Bonchev–Trinajstić information content (AvgIpc) is 3.40. The molecule has 2 heterocycles. The fourth-order valence-corrected chi connectivity index (χ4v) is 5.93. The molecule has 2 fully saturated rings. The van der Waals surface area contributed by atoms with Gasteiger partial charge in [0.1, 0.15) is 0 Å². The molecule has 0 saturated heterocycles. The fraction of sp³-hybridized carbons (Fsp3) is 0.483. The summed E-state index contributed by atoms with van der Waals surface area (Å²) in [5.41, 5.74) is 3.15. The van der Waals surface area contributed by atoms with E-state index in [0.29, 0.717) is 41.7 Å². The predicted octanol–water partition coefficient (Wildman–Crippen LogP) is 5.71. The van der Waals surface area contributed by atoms with Crippen LogP contribution in [0.1, 0.15) is 91.5 Å². The van der Waals surface area contributed by atoms with Crippen molar-refractivity contribution < 1.29 is 18.7 Å². The number of methoxy groups -OCH3 is 1. The molecule has 37 heavy (non-hydrogen) atoms. The SMILES string of the molecule is COC(=O)CC1CCC2(CC1)CCC(c1ccc(NC(=O)c3nnc(Cc4ccccc4)o3)cn1)CC2. The van der Waals surface area contributed by atoms with Crippen LogP contribution in [0.4, 0.5) is 5.69 Å². The van der Waals surface area contributed by atoms with E-state index in [-0.39, 0.29) is 11.9 Å². The lowest BCUT2D eigenvalue weighted by atomic mass is 9.61. The van der Waals surface area contributed by atoms with Crippen molar-refractivity contribution in [2.24, 2.45) is 11.3 Å².